The van der Waals surface area contributed by atoms with E-state index in [2.05, 4.69) is 6.92 Å². The number of rotatable bonds is 20. The normalized spacial score (nSPS) is 11.0. The molecule has 3 nitrogen and oxygen atoms in total. The van der Waals surface area contributed by atoms with Crippen LogP contribution in [0.1, 0.15) is 122 Å². The standard InChI is InChI=1S/C27H46O3/c1-2-3-4-5-6-7-8-9-10-11-12-13-14-15-16-17-18-27(29)30-24-23-25-19-21-26(28)22-20-25/h19-22,28H,2-18,23-24H2,1H3. The first-order chi connectivity index (χ1) is 14.7. The van der Waals surface area contributed by atoms with E-state index in [1.165, 1.54) is 89.9 Å². The molecule has 0 fully saturated rings. The van der Waals surface area contributed by atoms with Crippen molar-refractivity contribution in [3.8, 4) is 5.75 Å². The van der Waals surface area contributed by atoms with E-state index < -0.39 is 0 Å². The van der Waals surface area contributed by atoms with Gasteiger partial charge in [-0.1, -0.05) is 115 Å². The summed E-state index contributed by atoms with van der Waals surface area (Å²) in [5.74, 6) is 0.179. The molecule has 1 aromatic rings. The first-order valence-electron chi connectivity index (χ1n) is 12.7. The number of phenols is 1. The first-order valence-corrected chi connectivity index (χ1v) is 12.7. The fraction of sp³-hybridized carbons (Fsp3) is 0.741. The lowest BCUT2D eigenvalue weighted by Crippen LogP contribution is -2.07. The lowest BCUT2D eigenvalue weighted by Gasteiger charge is -2.06. The second kappa shape index (κ2) is 19.5. The van der Waals surface area contributed by atoms with Crippen LogP contribution < -0.4 is 0 Å². The zero-order valence-electron chi connectivity index (χ0n) is 19.5. The van der Waals surface area contributed by atoms with Crippen LogP contribution in [0.5, 0.6) is 5.75 Å². The van der Waals surface area contributed by atoms with Crippen LogP contribution in [-0.4, -0.2) is 17.7 Å². The third-order valence-electron chi connectivity index (χ3n) is 5.82. The van der Waals surface area contributed by atoms with Crippen molar-refractivity contribution in [2.24, 2.45) is 0 Å². The predicted octanol–water partition coefficient (Wildman–Crippen LogP) is 8.13. The smallest absolute Gasteiger partial charge is 0.305 e. The molecule has 172 valence electrons. The zero-order valence-corrected chi connectivity index (χ0v) is 19.5. The van der Waals surface area contributed by atoms with E-state index in [1.807, 2.05) is 12.1 Å². The van der Waals surface area contributed by atoms with E-state index in [0.717, 1.165) is 18.4 Å². The number of aromatic hydroxyl groups is 1. The molecule has 0 bridgehead atoms. The van der Waals surface area contributed by atoms with Crippen LogP contribution in [0.2, 0.25) is 0 Å². The van der Waals surface area contributed by atoms with E-state index in [-0.39, 0.29) is 11.7 Å². The summed E-state index contributed by atoms with van der Waals surface area (Å²) in [5.41, 5.74) is 1.07. The van der Waals surface area contributed by atoms with Crippen molar-refractivity contribution in [3.63, 3.8) is 0 Å². The summed E-state index contributed by atoms with van der Waals surface area (Å²) >= 11 is 0. The first kappa shape index (κ1) is 26.5. The van der Waals surface area contributed by atoms with Crippen molar-refractivity contribution in [1.82, 2.24) is 0 Å². The van der Waals surface area contributed by atoms with Gasteiger partial charge in [0.1, 0.15) is 5.75 Å². The van der Waals surface area contributed by atoms with Crippen LogP contribution in [-0.2, 0) is 16.0 Å². The minimum Gasteiger partial charge on any atom is -0.508 e. The number of ether oxygens (including phenoxy) is 1. The van der Waals surface area contributed by atoms with Gasteiger partial charge in [-0.15, -0.1) is 0 Å². The van der Waals surface area contributed by atoms with Crippen LogP contribution in [0.15, 0.2) is 24.3 Å². The molecule has 0 radical (unpaired) electrons. The number of carbonyl (C=O) groups is 1. The van der Waals surface area contributed by atoms with Gasteiger partial charge in [-0.2, -0.15) is 0 Å². The number of benzene rings is 1. The molecule has 0 spiro atoms. The Bertz CT molecular complexity index is 509. The van der Waals surface area contributed by atoms with Gasteiger partial charge in [0.2, 0.25) is 0 Å². The van der Waals surface area contributed by atoms with Gasteiger partial charge in [-0.25, -0.2) is 0 Å². The maximum atomic E-state index is 11.8. The highest BCUT2D eigenvalue weighted by molar-refractivity contribution is 5.69. The second-order valence-electron chi connectivity index (χ2n) is 8.69. The predicted molar refractivity (Wildman–Crippen MR) is 127 cm³/mol. The molecule has 0 atom stereocenters. The van der Waals surface area contributed by atoms with Crippen molar-refractivity contribution in [2.45, 2.75) is 122 Å². The van der Waals surface area contributed by atoms with Gasteiger partial charge in [0.05, 0.1) is 6.61 Å². The molecule has 0 amide bonds. The largest absolute Gasteiger partial charge is 0.508 e. The van der Waals surface area contributed by atoms with Crippen LogP contribution >= 0.6 is 0 Å². The van der Waals surface area contributed by atoms with Crippen molar-refractivity contribution in [2.75, 3.05) is 6.61 Å². The lowest BCUT2D eigenvalue weighted by atomic mass is 10.0. The van der Waals surface area contributed by atoms with E-state index in [9.17, 15) is 9.90 Å². The third kappa shape index (κ3) is 16.3. The quantitative estimate of drug-likeness (QED) is 0.172. The second-order valence-corrected chi connectivity index (χ2v) is 8.69. The number of carbonyl (C=O) groups excluding carboxylic acids is 1. The molecule has 0 saturated carbocycles. The van der Waals surface area contributed by atoms with Crippen LogP contribution in [0.4, 0.5) is 0 Å². The highest BCUT2D eigenvalue weighted by Gasteiger charge is 2.03. The minimum absolute atomic E-state index is 0.0841. The monoisotopic (exact) mass is 418 g/mol. The Balaban J connectivity index is 1.77. The average molecular weight is 419 g/mol. The molecule has 0 aliphatic heterocycles. The Morgan fingerprint density at radius 2 is 1.13 bits per heavy atom. The van der Waals surface area contributed by atoms with Crippen molar-refractivity contribution < 1.29 is 14.6 Å². The fourth-order valence-electron chi connectivity index (χ4n) is 3.83. The van der Waals surface area contributed by atoms with Gasteiger partial charge in [0, 0.05) is 12.8 Å². The maximum absolute atomic E-state index is 11.8. The third-order valence-corrected chi connectivity index (χ3v) is 5.82. The molecule has 3 heteroatoms. The van der Waals surface area contributed by atoms with E-state index in [4.69, 9.17) is 4.74 Å². The SMILES string of the molecule is CCCCCCCCCCCCCCCCCCC(=O)OCCc1ccc(O)cc1. The van der Waals surface area contributed by atoms with Crippen LogP contribution in [0, 0.1) is 0 Å². The van der Waals surface area contributed by atoms with Gasteiger partial charge in [0.25, 0.3) is 0 Å². The van der Waals surface area contributed by atoms with Crippen molar-refractivity contribution in [1.29, 1.82) is 0 Å². The van der Waals surface area contributed by atoms with E-state index in [1.54, 1.807) is 12.1 Å². The summed E-state index contributed by atoms with van der Waals surface area (Å²) in [6.07, 6.45) is 22.7. The minimum atomic E-state index is -0.0841. The van der Waals surface area contributed by atoms with E-state index >= 15 is 0 Å². The molecule has 0 unspecified atom stereocenters. The molecule has 0 aliphatic rings. The van der Waals surface area contributed by atoms with Gasteiger partial charge >= 0.3 is 5.97 Å². The Morgan fingerprint density at radius 3 is 1.60 bits per heavy atom. The highest BCUT2D eigenvalue weighted by atomic mass is 16.5. The summed E-state index contributed by atoms with van der Waals surface area (Å²) in [6.45, 7) is 2.70. The number of phenolic OH excluding ortho intramolecular Hbond substituents is 1. The highest BCUT2D eigenvalue weighted by Crippen LogP contribution is 2.14. The lowest BCUT2D eigenvalue weighted by molar-refractivity contribution is -0.143. The zero-order chi connectivity index (χ0) is 21.7. The number of esters is 1. The molecule has 1 rings (SSSR count). The Labute approximate surface area is 185 Å². The van der Waals surface area contributed by atoms with Crippen molar-refractivity contribution >= 4 is 5.97 Å². The van der Waals surface area contributed by atoms with Gasteiger partial charge in [0.15, 0.2) is 0 Å². The molecular formula is C27H46O3. The summed E-state index contributed by atoms with van der Waals surface area (Å²) in [5, 5.41) is 9.25. The van der Waals surface area contributed by atoms with E-state index in [0.29, 0.717) is 19.4 Å². The Kier molecular flexibility index (Phi) is 17.2. The number of hydrogen-bond donors (Lipinski definition) is 1. The Hall–Kier alpha value is -1.51. The summed E-state index contributed by atoms with van der Waals surface area (Å²) in [7, 11) is 0. The topological polar surface area (TPSA) is 46.5 Å². The summed E-state index contributed by atoms with van der Waals surface area (Å²) < 4.78 is 5.30. The molecule has 30 heavy (non-hydrogen) atoms. The number of hydrogen-bond acceptors (Lipinski definition) is 3. The van der Waals surface area contributed by atoms with Gasteiger partial charge in [-0.05, 0) is 24.1 Å². The van der Waals surface area contributed by atoms with Gasteiger partial charge < -0.3 is 9.84 Å². The molecule has 1 N–H and O–H groups in total. The molecule has 0 aliphatic carbocycles. The number of unbranched alkanes of at least 4 members (excludes halogenated alkanes) is 15. The molecular weight excluding hydrogens is 372 g/mol. The molecule has 0 saturated heterocycles. The molecule has 1 aromatic carbocycles. The fourth-order valence-corrected chi connectivity index (χ4v) is 3.83. The van der Waals surface area contributed by atoms with Gasteiger partial charge in [-0.3, -0.25) is 4.79 Å². The molecule has 0 aromatic heterocycles. The van der Waals surface area contributed by atoms with Crippen molar-refractivity contribution in [3.05, 3.63) is 29.8 Å². The van der Waals surface area contributed by atoms with Crippen LogP contribution in [0.3, 0.4) is 0 Å². The Morgan fingerprint density at radius 1 is 0.700 bits per heavy atom. The summed E-state index contributed by atoms with van der Waals surface area (Å²) in [6, 6.07) is 7.04. The average Bonchev–Trinajstić information content (AvgIpc) is 2.75. The van der Waals surface area contributed by atoms with Crippen LogP contribution in [0.25, 0.3) is 0 Å². The summed E-state index contributed by atoms with van der Waals surface area (Å²) in [4.78, 5) is 11.8. The molecule has 0 heterocycles. The maximum Gasteiger partial charge on any atom is 0.305 e.